The monoisotopic (exact) mass is 250 g/mol. The van der Waals surface area contributed by atoms with Crippen LogP contribution in [0.15, 0.2) is 18.2 Å². The minimum absolute atomic E-state index is 0.745. The maximum atomic E-state index is 5.88. The van der Waals surface area contributed by atoms with Gasteiger partial charge < -0.3 is 20.5 Å². The van der Waals surface area contributed by atoms with Crippen molar-refractivity contribution < 1.29 is 9.47 Å². The number of hydrogen-bond donors (Lipinski definition) is 2. The van der Waals surface area contributed by atoms with E-state index in [2.05, 4.69) is 5.32 Å². The molecule has 0 aliphatic heterocycles. The highest BCUT2D eigenvalue weighted by Crippen LogP contribution is 2.28. The summed E-state index contributed by atoms with van der Waals surface area (Å²) in [5.74, 6) is 1.66. The second kappa shape index (κ2) is 6.50. The normalized spacial score (nSPS) is 14.5. The standard InChI is InChI=1S/C14H22N2O2/c1-17-12-5-6-13(15)14(9-12)16-7-2-8-18-10-11-3-4-11/h5-6,9,11,16H,2-4,7-8,10,15H2,1H3. The highest BCUT2D eigenvalue weighted by Gasteiger charge is 2.20. The highest BCUT2D eigenvalue weighted by atomic mass is 16.5. The fraction of sp³-hybridized carbons (Fsp3) is 0.571. The van der Waals surface area contributed by atoms with E-state index in [9.17, 15) is 0 Å². The molecule has 0 bridgehead atoms. The van der Waals surface area contributed by atoms with Crippen LogP contribution in [-0.4, -0.2) is 26.9 Å². The van der Waals surface area contributed by atoms with Crippen molar-refractivity contribution >= 4 is 11.4 Å². The summed E-state index contributed by atoms with van der Waals surface area (Å²) in [6.45, 7) is 2.61. The summed E-state index contributed by atoms with van der Waals surface area (Å²) in [5, 5.41) is 3.31. The molecule has 0 saturated heterocycles. The Kier molecular flexibility index (Phi) is 4.70. The fourth-order valence-electron chi connectivity index (χ4n) is 1.75. The van der Waals surface area contributed by atoms with E-state index in [4.69, 9.17) is 15.2 Å². The summed E-state index contributed by atoms with van der Waals surface area (Å²) in [6, 6.07) is 5.63. The van der Waals surface area contributed by atoms with Crippen molar-refractivity contribution in [2.75, 3.05) is 37.9 Å². The number of anilines is 2. The van der Waals surface area contributed by atoms with Crippen LogP contribution in [0.5, 0.6) is 5.75 Å². The summed E-state index contributed by atoms with van der Waals surface area (Å²) in [6.07, 6.45) is 3.68. The molecule has 0 radical (unpaired) electrons. The van der Waals surface area contributed by atoms with Gasteiger partial charge in [-0.1, -0.05) is 0 Å². The third-order valence-electron chi connectivity index (χ3n) is 3.09. The largest absolute Gasteiger partial charge is 0.497 e. The molecular weight excluding hydrogens is 228 g/mol. The van der Waals surface area contributed by atoms with Crippen LogP contribution < -0.4 is 15.8 Å². The summed E-state index contributed by atoms with van der Waals surface area (Å²) < 4.78 is 10.7. The minimum atomic E-state index is 0.745. The lowest BCUT2D eigenvalue weighted by Crippen LogP contribution is -2.08. The third kappa shape index (κ3) is 4.11. The van der Waals surface area contributed by atoms with E-state index in [1.807, 2.05) is 18.2 Å². The second-order valence-electron chi connectivity index (χ2n) is 4.75. The second-order valence-corrected chi connectivity index (χ2v) is 4.75. The van der Waals surface area contributed by atoms with Crippen molar-refractivity contribution in [3.05, 3.63) is 18.2 Å². The van der Waals surface area contributed by atoms with Crippen LogP contribution >= 0.6 is 0 Å². The van der Waals surface area contributed by atoms with E-state index < -0.39 is 0 Å². The molecule has 4 nitrogen and oxygen atoms in total. The molecule has 1 aromatic rings. The number of ether oxygens (including phenoxy) is 2. The molecule has 0 heterocycles. The zero-order valence-electron chi connectivity index (χ0n) is 10.9. The summed E-state index contributed by atoms with van der Waals surface area (Å²) in [5.41, 5.74) is 7.56. The lowest BCUT2D eigenvalue weighted by Gasteiger charge is -2.11. The highest BCUT2D eigenvalue weighted by molar-refractivity contribution is 5.68. The zero-order valence-corrected chi connectivity index (χ0v) is 10.9. The van der Waals surface area contributed by atoms with E-state index >= 15 is 0 Å². The molecule has 1 aliphatic carbocycles. The van der Waals surface area contributed by atoms with E-state index in [-0.39, 0.29) is 0 Å². The van der Waals surface area contributed by atoms with Gasteiger partial charge in [-0.25, -0.2) is 0 Å². The molecule has 0 aromatic heterocycles. The van der Waals surface area contributed by atoms with Gasteiger partial charge in [0.25, 0.3) is 0 Å². The van der Waals surface area contributed by atoms with E-state index in [0.717, 1.165) is 49.2 Å². The van der Waals surface area contributed by atoms with Crippen LogP contribution in [0.25, 0.3) is 0 Å². The first-order chi connectivity index (χ1) is 8.79. The van der Waals surface area contributed by atoms with Crippen molar-refractivity contribution in [1.82, 2.24) is 0 Å². The maximum absolute atomic E-state index is 5.88. The van der Waals surface area contributed by atoms with Crippen molar-refractivity contribution in [1.29, 1.82) is 0 Å². The zero-order chi connectivity index (χ0) is 12.8. The Balaban J connectivity index is 1.65. The van der Waals surface area contributed by atoms with Crippen molar-refractivity contribution in [3.63, 3.8) is 0 Å². The van der Waals surface area contributed by atoms with Gasteiger partial charge in [0.2, 0.25) is 0 Å². The molecule has 100 valence electrons. The van der Waals surface area contributed by atoms with Crippen molar-refractivity contribution in [2.24, 2.45) is 5.92 Å². The third-order valence-corrected chi connectivity index (χ3v) is 3.09. The number of nitrogens with one attached hydrogen (secondary N) is 1. The molecule has 1 aliphatic rings. The Hall–Kier alpha value is -1.42. The summed E-state index contributed by atoms with van der Waals surface area (Å²) in [7, 11) is 1.65. The lowest BCUT2D eigenvalue weighted by molar-refractivity contribution is 0.124. The molecule has 0 amide bonds. The Bertz CT molecular complexity index is 378. The number of rotatable bonds is 8. The number of nitrogen functional groups attached to an aromatic ring is 1. The predicted octanol–water partition coefficient (Wildman–Crippen LogP) is 2.51. The quantitative estimate of drug-likeness (QED) is 0.550. The van der Waals surface area contributed by atoms with Gasteiger partial charge in [-0.15, -0.1) is 0 Å². The smallest absolute Gasteiger partial charge is 0.121 e. The Morgan fingerprint density at radius 2 is 2.22 bits per heavy atom. The van der Waals surface area contributed by atoms with Crippen LogP contribution in [0, 0.1) is 5.92 Å². The molecule has 3 N–H and O–H groups in total. The van der Waals surface area contributed by atoms with Gasteiger partial charge in [0.15, 0.2) is 0 Å². The molecule has 0 unspecified atom stereocenters. The van der Waals surface area contributed by atoms with Gasteiger partial charge in [0.05, 0.1) is 18.5 Å². The van der Waals surface area contributed by atoms with Gasteiger partial charge in [-0.2, -0.15) is 0 Å². The molecule has 1 saturated carbocycles. The SMILES string of the molecule is COc1ccc(N)c(NCCCOCC2CC2)c1. The Labute approximate surface area is 108 Å². The summed E-state index contributed by atoms with van der Waals surface area (Å²) >= 11 is 0. The van der Waals surface area contributed by atoms with Crippen LogP contribution in [0.2, 0.25) is 0 Å². The predicted molar refractivity (Wildman–Crippen MR) is 74.1 cm³/mol. The average molecular weight is 250 g/mol. The first kappa shape index (κ1) is 13.0. The first-order valence-electron chi connectivity index (χ1n) is 6.54. The minimum Gasteiger partial charge on any atom is -0.497 e. The van der Waals surface area contributed by atoms with Crippen LogP contribution in [0.4, 0.5) is 11.4 Å². The number of methoxy groups -OCH3 is 1. The number of hydrogen-bond acceptors (Lipinski definition) is 4. The lowest BCUT2D eigenvalue weighted by atomic mass is 10.2. The molecule has 0 spiro atoms. The van der Waals surface area contributed by atoms with Gasteiger partial charge in [0, 0.05) is 25.8 Å². The van der Waals surface area contributed by atoms with Crippen molar-refractivity contribution in [3.8, 4) is 5.75 Å². The molecule has 0 atom stereocenters. The molecule has 4 heteroatoms. The van der Waals surface area contributed by atoms with Gasteiger partial charge in [0.1, 0.15) is 5.75 Å². The molecule has 1 fully saturated rings. The average Bonchev–Trinajstić information content (AvgIpc) is 3.19. The van der Waals surface area contributed by atoms with Gasteiger partial charge in [-0.05, 0) is 37.3 Å². The Morgan fingerprint density at radius 3 is 2.94 bits per heavy atom. The molecular formula is C14H22N2O2. The molecule has 18 heavy (non-hydrogen) atoms. The molecule has 1 aromatic carbocycles. The number of nitrogens with two attached hydrogens (primary N) is 1. The van der Waals surface area contributed by atoms with E-state index in [1.54, 1.807) is 7.11 Å². The topological polar surface area (TPSA) is 56.5 Å². The van der Waals surface area contributed by atoms with Gasteiger partial charge >= 0.3 is 0 Å². The van der Waals surface area contributed by atoms with Crippen molar-refractivity contribution in [2.45, 2.75) is 19.3 Å². The number of benzene rings is 1. The van der Waals surface area contributed by atoms with Crippen LogP contribution in [0.3, 0.4) is 0 Å². The first-order valence-corrected chi connectivity index (χ1v) is 6.54. The van der Waals surface area contributed by atoms with Gasteiger partial charge in [-0.3, -0.25) is 0 Å². The fourth-order valence-corrected chi connectivity index (χ4v) is 1.75. The summed E-state index contributed by atoms with van der Waals surface area (Å²) in [4.78, 5) is 0. The Morgan fingerprint density at radius 1 is 1.39 bits per heavy atom. The van der Waals surface area contributed by atoms with Crippen LogP contribution in [-0.2, 0) is 4.74 Å². The maximum Gasteiger partial charge on any atom is 0.121 e. The molecule has 2 rings (SSSR count). The van der Waals surface area contributed by atoms with E-state index in [0.29, 0.717) is 0 Å². The van der Waals surface area contributed by atoms with E-state index in [1.165, 1.54) is 12.8 Å². The van der Waals surface area contributed by atoms with Crippen LogP contribution in [0.1, 0.15) is 19.3 Å².